The standard InChI is InChI=1S/C38H47F3N2O11/c1-36(2,3)53-32(47)14-12-27(20-44)43-30(45)15-16-42-34(48)24-18-28(33-29(19-24)52-38(54-33,25-8-9-25)26-10-11-26)51-35(49)23-6-4-5-22(17-23)7-13-31(46)50-21-37(39,40)41/h4-7,13,17,19,25-29,33,44H,8-12,14-16,18,20-21H2,1-3H3,(H,42,48)(H,43,45). The molecule has 3 fully saturated rings. The number of fused-ring (bicyclic) bond motifs is 1. The number of carbonyl (C=O) groups is 5. The summed E-state index contributed by atoms with van der Waals surface area (Å²) < 4.78 is 65.7. The Balaban J connectivity index is 1.20. The Hall–Kier alpha value is -4.28. The Bertz CT molecular complexity index is 1620. The van der Waals surface area contributed by atoms with E-state index in [4.69, 9.17) is 18.9 Å². The molecule has 13 nitrogen and oxygen atoms in total. The van der Waals surface area contributed by atoms with Crippen LogP contribution < -0.4 is 10.6 Å². The number of hydrogen-bond donors (Lipinski definition) is 3. The van der Waals surface area contributed by atoms with Gasteiger partial charge in [0.1, 0.15) is 23.9 Å². The maximum Gasteiger partial charge on any atom is 0.422 e. The van der Waals surface area contributed by atoms with Gasteiger partial charge in [0.25, 0.3) is 0 Å². The Kier molecular flexibility index (Phi) is 12.9. The zero-order valence-electron chi connectivity index (χ0n) is 30.4. The third-order valence-electron chi connectivity index (χ3n) is 9.21. The molecule has 1 aromatic carbocycles. The fourth-order valence-corrected chi connectivity index (χ4v) is 6.51. The minimum absolute atomic E-state index is 0.00338. The van der Waals surface area contributed by atoms with Crippen molar-refractivity contribution in [3.63, 3.8) is 0 Å². The zero-order valence-corrected chi connectivity index (χ0v) is 30.4. The zero-order chi connectivity index (χ0) is 39.3. The minimum atomic E-state index is -4.67. The molecular formula is C38H47F3N2O11. The van der Waals surface area contributed by atoms with Gasteiger partial charge in [-0.15, -0.1) is 0 Å². The number of alkyl halides is 3. The smallest absolute Gasteiger partial charge is 0.422 e. The van der Waals surface area contributed by atoms with Gasteiger partial charge >= 0.3 is 24.1 Å². The summed E-state index contributed by atoms with van der Waals surface area (Å²) in [5.74, 6) is -3.80. The highest BCUT2D eigenvalue weighted by atomic mass is 19.4. The summed E-state index contributed by atoms with van der Waals surface area (Å²) in [7, 11) is 0. The number of esters is 3. The monoisotopic (exact) mass is 764 g/mol. The normalized spacial score (nSPS) is 22.8. The first kappa shape index (κ1) is 40.9. The van der Waals surface area contributed by atoms with Crippen molar-refractivity contribution in [1.82, 2.24) is 10.6 Å². The highest BCUT2D eigenvalue weighted by molar-refractivity contribution is 5.95. The lowest BCUT2D eigenvalue weighted by atomic mass is 9.91. The molecule has 0 bridgehead atoms. The van der Waals surface area contributed by atoms with Crippen molar-refractivity contribution >= 4 is 35.8 Å². The molecule has 0 aromatic heterocycles. The van der Waals surface area contributed by atoms with E-state index in [9.17, 15) is 42.3 Å². The van der Waals surface area contributed by atoms with Crippen molar-refractivity contribution in [2.75, 3.05) is 19.8 Å². The van der Waals surface area contributed by atoms with Crippen LogP contribution in [0.3, 0.4) is 0 Å². The number of benzene rings is 1. The first-order valence-electron chi connectivity index (χ1n) is 18.1. The summed E-state index contributed by atoms with van der Waals surface area (Å²) in [5.41, 5.74) is 0.0381. The predicted octanol–water partition coefficient (Wildman–Crippen LogP) is 4.07. The van der Waals surface area contributed by atoms with Crippen molar-refractivity contribution in [1.29, 1.82) is 0 Å². The van der Waals surface area contributed by atoms with Crippen LogP contribution in [0.15, 0.2) is 42.0 Å². The summed E-state index contributed by atoms with van der Waals surface area (Å²) in [4.78, 5) is 63.3. The topological polar surface area (TPSA) is 176 Å². The summed E-state index contributed by atoms with van der Waals surface area (Å²) in [6.07, 6.45) is 0.513. The largest absolute Gasteiger partial charge is 0.460 e. The number of nitrogens with one attached hydrogen (secondary N) is 2. The Morgan fingerprint density at radius 1 is 1.04 bits per heavy atom. The van der Waals surface area contributed by atoms with Crippen molar-refractivity contribution in [3.05, 3.63) is 53.1 Å². The van der Waals surface area contributed by atoms with Crippen LogP contribution in [-0.4, -0.2) is 96.5 Å². The fourth-order valence-electron chi connectivity index (χ4n) is 6.51. The Morgan fingerprint density at radius 2 is 1.74 bits per heavy atom. The van der Waals surface area contributed by atoms with Gasteiger partial charge in [-0.05, 0) is 82.7 Å². The molecule has 2 saturated carbocycles. The van der Waals surface area contributed by atoms with Gasteiger partial charge < -0.3 is 39.4 Å². The van der Waals surface area contributed by atoms with Gasteiger partial charge in [-0.3, -0.25) is 14.4 Å². The van der Waals surface area contributed by atoms with Crippen LogP contribution in [0.5, 0.6) is 0 Å². The molecule has 5 rings (SSSR count). The molecule has 3 aliphatic carbocycles. The van der Waals surface area contributed by atoms with E-state index in [1.54, 1.807) is 26.8 Å². The van der Waals surface area contributed by atoms with Crippen LogP contribution in [0.25, 0.3) is 6.08 Å². The minimum Gasteiger partial charge on any atom is -0.460 e. The van der Waals surface area contributed by atoms with Crippen LogP contribution >= 0.6 is 0 Å². The molecule has 1 aliphatic heterocycles. The number of amides is 2. The third kappa shape index (κ3) is 11.6. The summed E-state index contributed by atoms with van der Waals surface area (Å²) in [5, 5.41) is 15.1. The van der Waals surface area contributed by atoms with Crippen LogP contribution in [0.4, 0.5) is 13.2 Å². The van der Waals surface area contributed by atoms with E-state index in [2.05, 4.69) is 15.4 Å². The molecule has 16 heteroatoms. The molecule has 0 radical (unpaired) electrons. The van der Waals surface area contributed by atoms with Crippen LogP contribution in [0, 0.1) is 11.8 Å². The van der Waals surface area contributed by atoms with E-state index in [0.717, 1.165) is 31.8 Å². The number of hydrogen-bond acceptors (Lipinski definition) is 11. The van der Waals surface area contributed by atoms with Gasteiger partial charge in [0.15, 0.2) is 12.4 Å². The van der Waals surface area contributed by atoms with Gasteiger partial charge in [0, 0.05) is 49.3 Å². The van der Waals surface area contributed by atoms with E-state index in [0.29, 0.717) is 5.56 Å². The second-order valence-electron chi connectivity index (χ2n) is 15.0. The van der Waals surface area contributed by atoms with Crippen LogP contribution in [-0.2, 0) is 42.9 Å². The van der Waals surface area contributed by atoms with Crippen molar-refractivity contribution in [2.24, 2.45) is 11.8 Å². The number of rotatable bonds is 16. The summed E-state index contributed by atoms with van der Waals surface area (Å²) >= 11 is 0. The van der Waals surface area contributed by atoms with E-state index in [1.165, 1.54) is 30.3 Å². The number of aliphatic hydroxyl groups is 1. The number of aliphatic hydroxyl groups excluding tert-OH is 1. The lowest BCUT2D eigenvalue weighted by molar-refractivity contribution is -0.209. The molecule has 296 valence electrons. The van der Waals surface area contributed by atoms with Gasteiger partial charge in [0.05, 0.1) is 18.2 Å². The highest BCUT2D eigenvalue weighted by Gasteiger charge is 2.64. The molecule has 2 amide bonds. The van der Waals surface area contributed by atoms with E-state index in [-0.39, 0.29) is 61.8 Å². The number of halogens is 3. The van der Waals surface area contributed by atoms with Gasteiger partial charge in [-0.1, -0.05) is 12.1 Å². The average molecular weight is 765 g/mol. The molecule has 1 heterocycles. The van der Waals surface area contributed by atoms with Crippen molar-refractivity contribution < 1.29 is 65.9 Å². The van der Waals surface area contributed by atoms with Crippen molar-refractivity contribution in [3.8, 4) is 0 Å². The lowest BCUT2D eigenvalue weighted by Crippen LogP contribution is -2.44. The molecule has 54 heavy (non-hydrogen) atoms. The average Bonchev–Trinajstić information content (AvgIpc) is 4.04. The Morgan fingerprint density at radius 3 is 2.37 bits per heavy atom. The quantitative estimate of drug-likeness (QED) is 0.126. The number of ether oxygens (including phenoxy) is 5. The molecular weight excluding hydrogens is 717 g/mol. The number of carbonyl (C=O) groups excluding carboxylic acids is 5. The molecule has 4 atom stereocenters. The van der Waals surface area contributed by atoms with E-state index in [1.807, 2.05) is 0 Å². The Labute approximate surface area is 310 Å². The maximum absolute atomic E-state index is 13.5. The summed E-state index contributed by atoms with van der Waals surface area (Å²) in [6, 6.07) is 5.24. The SMILES string of the molecule is CC(C)(C)OC(=O)CCC(CO)NC(=O)CCNC(=O)C1=CC2OC(C3CC3)(C3CC3)OC2C(OC(=O)c2cccc(C=CC(=O)OCC(F)(F)F)c2)C1. The van der Waals surface area contributed by atoms with Crippen LogP contribution in [0.1, 0.15) is 88.1 Å². The first-order chi connectivity index (χ1) is 25.4. The maximum atomic E-state index is 13.5. The molecule has 4 unspecified atom stereocenters. The molecule has 1 saturated heterocycles. The van der Waals surface area contributed by atoms with Gasteiger partial charge in [-0.2, -0.15) is 13.2 Å². The van der Waals surface area contributed by atoms with E-state index < -0.39 is 78.2 Å². The third-order valence-corrected chi connectivity index (χ3v) is 9.21. The molecule has 0 spiro atoms. The van der Waals surface area contributed by atoms with Crippen molar-refractivity contribution in [2.45, 2.75) is 114 Å². The fraction of sp³-hybridized carbons (Fsp3) is 0.605. The second-order valence-corrected chi connectivity index (χ2v) is 15.0. The van der Waals surface area contributed by atoms with Gasteiger partial charge in [-0.25, -0.2) is 9.59 Å². The predicted molar refractivity (Wildman–Crippen MR) is 184 cm³/mol. The summed E-state index contributed by atoms with van der Waals surface area (Å²) in [6.45, 7) is 3.07. The highest BCUT2D eigenvalue weighted by Crippen LogP contribution is 2.59. The van der Waals surface area contributed by atoms with Crippen LogP contribution in [0.2, 0.25) is 0 Å². The molecule has 3 N–H and O–H groups in total. The van der Waals surface area contributed by atoms with Gasteiger partial charge in [0.2, 0.25) is 11.8 Å². The second kappa shape index (κ2) is 17.0. The molecule has 1 aromatic rings. The van der Waals surface area contributed by atoms with E-state index >= 15 is 0 Å². The molecule has 4 aliphatic rings. The first-order valence-corrected chi connectivity index (χ1v) is 18.1. The lowest BCUT2D eigenvalue weighted by Gasteiger charge is -2.31.